The van der Waals surface area contributed by atoms with Crippen molar-refractivity contribution in [3.63, 3.8) is 0 Å². The van der Waals surface area contributed by atoms with E-state index in [0.717, 1.165) is 35.0 Å². The quantitative estimate of drug-likeness (QED) is 0.855. The maximum absolute atomic E-state index is 12.4. The van der Waals surface area contributed by atoms with Crippen LogP contribution in [0, 0.1) is 13.8 Å². The summed E-state index contributed by atoms with van der Waals surface area (Å²) in [7, 11) is 0. The molecule has 0 spiro atoms. The Kier molecular flexibility index (Phi) is 3.51. The number of H-pyrrole nitrogens is 1. The van der Waals surface area contributed by atoms with Crippen molar-refractivity contribution in [2.45, 2.75) is 52.0 Å². The van der Waals surface area contributed by atoms with Gasteiger partial charge in [0.05, 0.1) is 0 Å². The molecule has 0 atom stereocenters. The van der Waals surface area contributed by atoms with Crippen molar-refractivity contribution < 1.29 is 4.79 Å². The molecule has 0 saturated heterocycles. The van der Waals surface area contributed by atoms with Gasteiger partial charge < -0.3 is 10.3 Å². The van der Waals surface area contributed by atoms with Crippen LogP contribution in [0.5, 0.6) is 0 Å². The topological polar surface area (TPSA) is 44.9 Å². The number of benzene rings is 1. The van der Waals surface area contributed by atoms with Crippen LogP contribution in [0.15, 0.2) is 18.2 Å². The maximum Gasteiger partial charge on any atom is 0.268 e. The smallest absolute Gasteiger partial charge is 0.268 e. The number of fused-ring (bicyclic) bond motifs is 1. The maximum atomic E-state index is 12.4. The molecule has 0 bridgehead atoms. The van der Waals surface area contributed by atoms with Crippen molar-refractivity contribution in [3.8, 4) is 0 Å². The van der Waals surface area contributed by atoms with Gasteiger partial charge in [-0.3, -0.25) is 4.79 Å². The van der Waals surface area contributed by atoms with Gasteiger partial charge >= 0.3 is 0 Å². The first-order valence-electron chi connectivity index (χ1n) is 7.55. The van der Waals surface area contributed by atoms with Gasteiger partial charge in [0.15, 0.2) is 0 Å². The summed E-state index contributed by atoms with van der Waals surface area (Å²) in [6, 6.07) is 6.63. The van der Waals surface area contributed by atoms with E-state index in [1.165, 1.54) is 24.8 Å². The van der Waals surface area contributed by atoms with Crippen LogP contribution < -0.4 is 5.32 Å². The number of nitrogens with one attached hydrogen (secondary N) is 2. The molecule has 1 aromatic carbocycles. The zero-order valence-corrected chi connectivity index (χ0v) is 12.3. The number of aryl methyl sites for hydroxylation is 2. The van der Waals surface area contributed by atoms with Gasteiger partial charge in [0.1, 0.15) is 5.69 Å². The van der Waals surface area contributed by atoms with Gasteiger partial charge in [-0.2, -0.15) is 0 Å². The van der Waals surface area contributed by atoms with E-state index in [4.69, 9.17) is 0 Å². The van der Waals surface area contributed by atoms with Crippen LogP contribution >= 0.6 is 0 Å². The van der Waals surface area contributed by atoms with E-state index >= 15 is 0 Å². The summed E-state index contributed by atoms with van der Waals surface area (Å²) in [5, 5.41) is 4.32. The molecule has 2 N–H and O–H groups in total. The zero-order chi connectivity index (χ0) is 14.1. The molecule has 1 heterocycles. The van der Waals surface area contributed by atoms with Gasteiger partial charge in [-0.1, -0.05) is 31.4 Å². The second kappa shape index (κ2) is 5.31. The molecule has 20 heavy (non-hydrogen) atoms. The second-order valence-electron chi connectivity index (χ2n) is 5.98. The van der Waals surface area contributed by atoms with Crippen molar-refractivity contribution in [3.05, 3.63) is 35.0 Å². The molecular weight excluding hydrogens is 248 g/mol. The number of rotatable bonds is 2. The van der Waals surface area contributed by atoms with Crippen LogP contribution in [-0.4, -0.2) is 16.9 Å². The Bertz CT molecular complexity index is 636. The number of carbonyl (C=O) groups excluding carboxylic acids is 1. The molecule has 1 fully saturated rings. The Morgan fingerprint density at radius 3 is 2.70 bits per heavy atom. The van der Waals surface area contributed by atoms with E-state index in [0.29, 0.717) is 6.04 Å². The summed E-state index contributed by atoms with van der Waals surface area (Å²) in [6.07, 6.45) is 6.00. The van der Waals surface area contributed by atoms with Crippen LogP contribution in [0.4, 0.5) is 0 Å². The lowest BCUT2D eigenvalue weighted by Crippen LogP contribution is -2.36. The Morgan fingerprint density at radius 2 is 1.95 bits per heavy atom. The zero-order valence-electron chi connectivity index (χ0n) is 12.3. The average Bonchev–Trinajstić information content (AvgIpc) is 2.76. The molecule has 106 valence electrons. The van der Waals surface area contributed by atoms with E-state index in [1.807, 2.05) is 6.92 Å². The van der Waals surface area contributed by atoms with Crippen molar-refractivity contribution in [2.24, 2.45) is 0 Å². The SMILES string of the molecule is Cc1ccc2c(C)c(C(=O)NC3CCCCC3)[nH]c2c1. The number of aromatic amines is 1. The Labute approximate surface area is 119 Å². The third kappa shape index (κ3) is 2.45. The number of carbonyl (C=O) groups is 1. The van der Waals surface area contributed by atoms with Crippen LogP contribution in [-0.2, 0) is 0 Å². The minimum absolute atomic E-state index is 0.0447. The predicted octanol–water partition coefficient (Wildman–Crippen LogP) is 3.85. The number of aromatic nitrogens is 1. The second-order valence-corrected chi connectivity index (χ2v) is 5.98. The average molecular weight is 270 g/mol. The van der Waals surface area contributed by atoms with Gasteiger partial charge in [0.25, 0.3) is 5.91 Å². The fraction of sp³-hybridized carbons (Fsp3) is 0.471. The van der Waals surface area contributed by atoms with Crippen LogP contribution in [0.1, 0.15) is 53.7 Å². The summed E-state index contributed by atoms with van der Waals surface area (Å²) in [5.74, 6) is 0.0447. The van der Waals surface area contributed by atoms with E-state index in [9.17, 15) is 4.79 Å². The largest absolute Gasteiger partial charge is 0.350 e. The fourth-order valence-corrected chi connectivity index (χ4v) is 3.18. The highest BCUT2D eigenvalue weighted by Crippen LogP contribution is 2.23. The first-order valence-corrected chi connectivity index (χ1v) is 7.55. The Morgan fingerprint density at radius 1 is 1.20 bits per heavy atom. The molecule has 3 rings (SSSR count). The van der Waals surface area contributed by atoms with E-state index < -0.39 is 0 Å². The third-order valence-electron chi connectivity index (χ3n) is 4.38. The lowest BCUT2D eigenvalue weighted by Gasteiger charge is -2.22. The van der Waals surface area contributed by atoms with Gasteiger partial charge in [-0.05, 0) is 43.9 Å². The van der Waals surface area contributed by atoms with Gasteiger partial charge in [0.2, 0.25) is 0 Å². The molecule has 3 heteroatoms. The summed E-state index contributed by atoms with van der Waals surface area (Å²) < 4.78 is 0. The molecule has 0 aliphatic heterocycles. The van der Waals surface area contributed by atoms with E-state index in [2.05, 4.69) is 35.4 Å². The summed E-state index contributed by atoms with van der Waals surface area (Å²) in [6.45, 7) is 4.08. The van der Waals surface area contributed by atoms with Crippen molar-refractivity contribution in [1.29, 1.82) is 0 Å². The van der Waals surface area contributed by atoms with Crippen molar-refractivity contribution in [1.82, 2.24) is 10.3 Å². The molecule has 1 aromatic heterocycles. The number of hydrogen-bond donors (Lipinski definition) is 2. The van der Waals surface area contributed by atoms with Crippen molar-refractivity contribution >= 4 is 16.8 Å². The monoisotopic (exact) mass is 270 g/mol. The minimum Gasteiger partial charge on any atom is -0.350 e. The number of amides is 1. The minimum atomic E-state index is 0.0447. The number of hydrogen-bond acceptors (Lipinski definition) is 1. The van der Waals surface area contributed by atoms with Gasteiger partial charge in [-0.15, -0.1) is 0 Å². The first-order chi connectivity index (χ1) is 9.65. The molecule has 0 unspecified atom stereocenters. The molecule has 0 radical (unpaired) electrons. The summed E-state index contributed by atoms with van der Waals surface area (Å²) >= 11 is 0. The highest BCUT2D eigenvalue weighted by molar-refractivity contribution is 6.01. The lowest BCUT2D eigenvalue weighted by atomic mass is 9.95. The lowest BCUT2D eigenvalue weighted by molar-refractivity contribution is 0.0923. The summed E-state index contributed by atoms with van der Waals surface area (Å²) in [4.78, 5) is 15.7. The standard InChI is InChI=1S/C17H22N2O/c1-11-8-9-14-12(2)16(19-15(14)10-11)17(20)18-13-6-4-3-5-7-13/h8-10,13,19H,3-7H2,1-2H3,(H,18,20). The Hall–Kier alpha value is -1.77. The molecule has 1 amide bonds. The fourth-order valence-electron chi connectivity index (χ4n) is 3.18. The highest BCUT2D eigenvalue weighted by atomic mass is 16.1. The molecule has 3 nitrogen and oxygen atoms in total. The van der Waals surface area contributed by atoms with Crippen LogP contribution in [0.25, 0.3) is 10.9 Å². The van der Waals surface area contributed by atoms with Crippen LogP contribution in [0.2, 0.25) is 0 Å². The Balaban J connectivity index is 1.85. The molecule has 1 aliphatic carbocycles. The summed E-state index contributed by atoms with van der Waals surface area (Å²) in [5.41, 5.74) is 4.03. The third-order valence-corrected chi connectivity index (χ3v) is 4.38. The van der Waals surface area contributed by atoms with Gasteiger partial charge in [0, 0.05) is 16.9 Å². The van der Waals surface area contributed by atoms with E-state index in [-0.39, 0.29) is 5.91 Å². The molecular formula is C17H22N2O. The van der Waals surface area contributed by atoms with Crippen molar-refractivity contribution in [2.75, 3.05) is 0 Å². The normalized spacial score (nSPS) is 16.5. The van der Waals surface area contributed by atoms with Crippen LogP contribution in [0.3, 0.4) is 0 Å². The molecule has 1 aliphatic rings. The predicted molar refractivity (Wildman–Crippen MR) is 82.1 cm³/mol. The molecule has 1 saturated carbocycles. The molecule has 2 aromatic rings. The van der Waals surface area contributed by atoms with Gasteiger partial charge in [-0.25, -0.2) is 0 Å². The highest BCUT2D eigenvalue weighted by Gasteiger charge is 2.19. The van der Waals surface area contributed by atoms with E-state index in [1.54, 1.807) is 0 Å². The first kappa shape index (κ1) is 13.2.